The molecule has 2 saturated carbocycles. The molecule has 2 aromatic carbocycles. The van der Waals surface area contributed by atoms with Gasteiger partial charge in [0.1, 0.15) is 5.54 Å². The second-order valence-corrected chi connectivity index (χ2v) is 11.5. The average molecular weight is 527 g/mol. The second kappa shape index (κ2) is 9.45. The van der Waals surface area contributed by atoms with Gasteiger partial charge in [0.05, 0.1) is 40.4 Å². The van der Waals surface area contributed by atoms with Gasteiger partial charge in [-0.05, 0) is 55.5 Å². The summed E-state index contributed by atoms with van der Waals surface area (Å²) in [6.07, 6.45) is -5.11. The number of carbonyl (C=O) groups excluding carboxylic acids is 1. The molecule has 0 bridgehead atoms. The monoisotopic (exact) mass is 526 g/mol. The lowest BCUT2D eigenvalue weighted by atomic mass is 10.0. The Morgan fingerprint density at radius 1 is 1.14 bits per heavy atom. The van der Waals surface area contributed by atoms with E-state index in [2.05, 4.69) is 5.32 Å². The summed E-state index contributed by atoms with van der Waals surface area (Å²) in [5.74, 6) is -1.47. The predicted octanol–water partition coefficient (Wildman–Crippen LogP) is 4.67. The van der Waals surface area contributed by atoms with Gasteiger partial charge in [-0.1, -0.05) is 35.9 Å². The Balaban J connectivity index is 1.60. The second-order valence-electron chi connectivity index (χ2n) is 8.90. The smallest absolute Gasteiger partial charge is 0.373 e. The molecule has 2 aliphatic rings. The molecule has 2 aromatic rings. The highest BCUT2D eigenvalue weighted by Gasteiger charge is 2.51. The zero-order valence-corrected chi connectivity index (χ0v) is 20.0. The lowest BCUT2D eigenvalue weighted by Crippen LogP contribution is -2.42. The van der Waals surface area contributed by atoms with Crippen molar-refractivity contribution in [1.82, 2.24) is 5.32 Å². The third kappa shape index (κ3) is 5.47. The molecule has 1 amide bonds. The molecule has 186 valence electrons. The molecular formula is C24H22ClF3N2O4S. The summed E-state index contributed by atoms with van der Waals surface area (Å²) in [4.78, 5) is 12.2. The van der Waals surface area contributed by atoms with Crippen molar-refractivity contribution in [2.75, 3.05) is 0 Å². The van der Waals surface area contributed by atoms with Crippen LogP contribution >= 0.6 is 11.6 Å². The van der Waals surface area contributed by atoms with Crippen molar-refractivity contribution in [3.05, 3.63) is 64.7 Å². The van der Waals surface area contributed by atoms with Crippen molar-refractivity contribution in [3.63, 3.8) is 0 Å². The van der Waals surface area contributed by atoms with Gasteiger partial charge in [0.15, 0.2) is 9.84 Å². The summed E-state index contributed by atoms with van der Waals surface area (Å²) < 4.78 is 73.1. The summed E-state index contributed by atoms with van der Waals surface area (Å²) in [5.41, 5.74) is -1.48. The van der Waals surface area contributed by atoms with E-state index in [1.54, 1.807) is 24.3 Å². The van der Waals surface area contributed by atoms with Gasteiger partial charge >= 0.3 is 6.18 Å². The first-order valence-electron chi connectivity index (χ1n) is 10.9. The maximum absolute atomic E-state index is 13.5. The third-order valence-corrected chi connectivity index (χ3v) is 8.92. The molecule has 0 radical (unpaired) electrons. The number of hydrogen-bond donors (Lipinski definition) is 1. The summed E-state index contributed by atoms with van der Waals surface area (Å²) in [5, 5.41) is 11.3. The highest BCUT2D eigenvalue weighted by molar-refractivity contribution is 7.92. The van der Waals surface area contributed by atoms with Crippen LogP contribution in [-0.2, 0) is 32.2 Å². The van der Waals surface area contributed by atoms with Crippen molar-refractivity contribution in [2.24, 2.45) is 5.92 Å². The molecule has 11 heteroatoms. The SMILES string of the molecule is N#CC1(NC(=O)C2CC(S(=O)(=O)c3ccccc3C(F)(F)F)CC2OCc2ccc(Cl)cc2)CC1. The van der Waals surface area contributed by atoms with E-state index in [9.17, 15) is 31.6 Å². The molecule has 3 atom stereocenters. The first-order chi connectivity index (χ1) is 16.4. The predicted molar refractivity (Wildman–Crippen MR) is 121 cm³/mol. The van der Waals surface area contributed by atoms with Crippen molar-refractivity contribution < 1.29 is 31.1 Å². The third-order valence-electron chi connectivity index (χ3n) is 6.44. The van der Waals surface area contributed by atoms with Crippen molar-refractivity contribution in [1.29, 1.82) is 5.26 Å². The summed E-state index contributed by atoms with van der Waals surface area (Å²) in [7, 11) is -4.44. The van der Waals surface area contributed by atoms with Crippen molar-refractivity contribution in [2.45, 2.75) is 60.3 Å². The van der Waals surface area contributed by atoms with Crippen LogP contribution in [0.1, 0.15) is 36.8 Å². The molecule has 2 fully saturated rings. The number of nitriles is 1. The maximum atomic E-state index is 13.5. The van der Waals surface area contributed by atoms with Crippen LogP contribution < -0.4 is 5.32 Å². The van der Waals surface area contributed by atoms with E-state index in [1.165, 1.54) is 6.07 Å². The van der Waals surface area contributed by atoms with Gasteiger partial charge in [-0.2, -0.15) is 18.4 Å². The molecule has 3 unspecified atom stereocenters. The fraction of sp³-hybridized carbons (Fsp3) is 0.417. The number of nitrogens with zero attached hydrogens (tertiary/aromatic N) is 1. The lowest BCUT2D eigenvalue weighted by molar-refractivity contribution is -0.140. The Kier molecular flexibility index (Phi) is 6.88. The Hall–Kier alpha value is -2.61. The minimum Gasteiger partial charge on any atom is -0.373 e. The largest absolute Gasteiger partial charge is 0.417 e. The van der Waals surface area contributed by atoms with E-state index in [4.69, 9.17) is 16.3 Å². The Morgan fingerprint density at radius 2 is 1.80 bits per heavy atom. The van der Waals surface area contributed by atoms with Gasteiger partial charge in [-0.15, -0.1) is 0 Å². The van der Waals surface area contributed by atoms with E-state index < -0.39 is 55.2 Å². The first-order valence-corrected chi connectivity index (χ1v) is 12.9. The Labute approximate surface area is 205 Å². The zero-order valence-electron chi connectivity index (χ0n) is 18.4. The highest BCUT2D eigenvalue weighted by Crippen LogP contribution is 2.42. The normalized spacial score (nSPS) is 23.5. The molecule has 0 aromatic heterocycles. The minimum atomic E-state index is -4.85. The molecule has 0 spiro atoms. The topological polar surface area (TPSA) is 96.3 Å². The first kappa shape index (κ1) is 25.5. The standard InChI is InChI=1S/C24H22ClF3N2O4S/c25-16-7-5-15(6-8-16)13-34-20-12-17(11-18(20)22(31)30-23(14-29)9-10-23)35(32,33)21-4-2-1-3-19(21)24(26,27)28/h1-8,17-18,20H,9-13H2,(H,30,31). The van der Waals surface area contributed by atoms with E-state index in [1.807, 2.05) is 6.07 Å². The molecule has 1 N–H and O–H groups in total. The van der Waals surface area contributed by atoms with Gasteiger partial charge in [-0.3, -0.25) is 4.79 Å². The Morgan fingerprint density at radius 3 is 2.40 bits per heavy atom. The summed E-state index contributed by atoms with van der Waals surface area (Å²) in [6, 6.07) is 12.8. The Bertz CT molecular complexity index is 1250. The van der Waals surface area contributed by atoms with Gasteiger partial charge < -0.3 is 10.1 Å². The van der Waals surface area contributed by atoms with Crippen LogP contribution in [-0.4, -0.2) is 31.2 Å². The number of alkyl halides is 3. The average Bonchev–Trinajstić information content (AvgIpc) is 3.45. The molecule has 6 nitrogen and oxygen atoms in total. The lowest BCUT2D eigenvalue weighted by Gasteiger charge is -2.21. The zero-order chi connectivity index (χ0) is 25.4. The van der Waals surface area contributed by atoms with Crippen LogP contribution in [0.2, 0.25) is 5.02 Å². The van der Waals surface area contributed by atoms with E-state index in [-0.39, 0.29) is 19.4 Å². The number of carbonyl (C=O) groups is 1. The maximum Gasteiger partial charge on any atom is 0.417 e. The number of rotatable bonds is 7. The molecule has 35 heavy (non-hydrogen) atoms. The van der Waals surface area contributed by atoms with Gasteiger partial charge in [-0.25, -0.2) is 8.42 Å². The van der Waals surface area contributed by atoms with E-state index >= 15 is 0 Å². The number of nitrogens with one attached hydrogen (secondary N) is 1. The highest BCUT2D eigenvalue weighted by atomic mass is 35.5. The number of benzene rings is 2. The van der Waals surface area contributed by atoms with Crippen molar-refractivity contribution >= 4 is 27.3 Å². The molecular weight excluding hydrogens is 505 g/mol. The van der Waals surface area contributed by atoms with Crippen LogP contribution in [0.15, 0.2) is 53.4 Å². The number of ether oxygens (including phenoxy) is 1. The summed E-state index contributed by atoms with van der Waals surface area (Å²) in [6.45, 7) is 0.0565. The molecule has 0 aliphatic heterocycles. The number of hydrogen-bond acceptors (Lipinski definition) is 5. The van der Waals surface area contributed by atoms with Crippen LogP contribution in [0, 0.1) is 17.2 Å². The fourth-order valence-electron chi connectivity index (χ4n) is 4.30. The van der Waals surface area contributed by atoms with Gasteiger partial charge in [0.25, 0.3) is 0 Å². The van der Waals surface area contributed by atoms with Crippen LogP contribution in [0.25, 0.3) is 0 Å². The van der Waals surface area contributed by atoms with E-state index in [0.29, 0.717) is 17.9 Å². The fourth-order valence-corrected chi connectivity index (χ4v) is 6.45. The van der Waals surface area contributed by atoms with E-state index in [0.717, 1.165) is 23.8 Å². The molecule has 0 saturated heterocycles. The molecule has 2 aliphatic carbocycles. The van der Waals surface area contributed by atoms with Crippen LogP contribution in [0.3, 0.4) is 0 Å². The van der Waals surface area contributed by atoms with Crippen LogP contribution in [0.4, 0.5) is 13.2 Å². The molecule has 0 heterocycles. The quantitative estimate of drug-likeness (QED) is 0.565. The number of halogens is 4. The van der Waals surface area contributed by atoms with Crippen LogP contribution in [0.5, 0.6) is 0 Å². The van der Waals surface area contributed by atoms with Crippen molar-refractivity contribution in [3.8, 4) is 6.07 Å². The molecule has 4 rings (SSSR count). The number of amides is 1. The summed E-state index contributed by atoms with van der Waals surface area (Å²) >= 11 is 5.89. The number of sulfone groups is 1. The van der Waals surface area contributed by atoms with Gasteiger partial charge in [0.2, 0.25) is 5.91 Å². The minimum absolute atomic E-state index is 0.0565. The van der Waals surface area contributed by atoms with Gasteiger partial charge in [0, 0.05) is 5.02 Å².